The third-order valence-electron chi connectivity index (χ3n) is 5.06. The van der Waals surface area contributed by atoms with Crippen LogP contribution in [0.5, 0.6) is 0 Å². The number of aliphatic hydroxyl groups excluding tert-OH is 1. The molecule has 5 heteroatoms. The lowest BCUT2D eigenvalue weighted by Crippen LogP contribution is -2.42. The second kappa shape index (κ2) is 7.29. The van der Waals surface area contributed by atoms with Crippen molar-refractivity contribution in [2.24, 2.45) is 0 Å². The minimum atomic E-state index is -1.35. The van der Waals surface area contributed by atoms with Crippen molar-refractivity contribution in [2.75, 3.05) is 11.9 Å². The first-order valence-electron chi connectivity index (χ1n) is 9.07. The Kier molecular flexibility index (Phi) is 4.67. The van der Waals surface area contributed by atoms with Gasteiger partial charge in [0.25, 0.3) is 11.8 Å². The smallest absolute Gasteiger partial charge is 0.254 e. The third kappa shape index (κ3) is 3.06. The number of fused-ring (bicyclic) bond motifs is 3. The van der Waals surface area contributed by atoms with E-state index in [-0.39, 0.29) is 5.91 Å². The molecule has 3 aromatic carbocycles. The Morgan fingerprint density at radius 1 is 0.929 bits per heavy atom. The lowest BCUT2D eigenvalue weighted by atomic mass is 9.95. The first-order valence-corrected chi connectivity index (χ1v) is 9.07. The fourth-order valence-electron chi connectivity index (χ4n) is 3.58. The number of hydrogen-bond acceptors (Lipinski definition) is 3. The van der Waals surface area contributed by atoms with E-state index in [9.17, 15) is 14.7 Å². The van der Waals surface area contributed by atoms with Crippen molar-refractivity contribution in [3.63, 3.8) is 0 Å². The molecule has 4 rings (SSSR count). The highest BCUT2D eigenvalue weighted by molar-refractivity contribution is 6.06. The van der Waals surface area contributed by atoms with Crippen LogP contribution in [0, 0.1) is 0 Å². The van der Waals surface area contributed by atoms with Gasteiger partial charge in [-0.25, -0.2) is 0 Å². The molecule has 0 radical (unpaired) electrons. The highest BCUT2D eigenvalue weighted by atomic mass is 16.3. The molecule has 0 saturated carbocycles. The summed E-state index contributed by atoms with van der Waals surface area (Å²) in [7, 11) is 1.69. The van der Waals surface area contributed by atoms with Gasteiger partial charge in [0.15, 0.2) is 6.10 Å². The van der Waals surface area contributed by atoms with E-state index in [0.717, 1.165) is 16.8 Å². The van der Waals surface area contributed by atoms with Crippen LogP contribution in [0.4, 0.5) is 5.69 Å². The Hall–Kier alpha value is -3.44. The fraction of sp³-hybridized carbons (Fsp3) is 0.130. The van der Waals surface area contributed by atoms with Crippen molar-refractivity contribution >= 4 is 17.5 Å². The monoisotopic (exact) mass is 372 g/mol. The summed E-state index contributed by atoms with van der Waals surface area (Å²) in [6.07, 6.45) is -1.35. The number of carbonyl (C=O) groups is 2. The molecule has 2 N–H and O–H groups in total. The average Bonchev–Trinajstić information content (AvgIpc) is 2.84. The van der Waals surface area contributed by atoms with Gasteiger partial charge in [-0.05, 0) is 22.8 Å². The Balaban J connectivity index is 1.73. The predicted molar refractivity (Wildman–Crippen MR) is 108 cm³/mol. The number of hydrogen-bond donors (Lipinski definition) is 2. The number of carbonyl (C=O) groups excluding carboxylic acids is 2. The Morgan fingerprint density at radius 3 is 2.29 bits per heavy atom. The van der Waals surface area contributed by atoms with Crippen LogP contribution in [0.25, 0.3) is 11.1 Å². The van der Waals surface area contributed by atoms with Gasteiger partial charge in [-0.15, -0.1) is 0 Å². The van der Waals surface area contributed by atoms with E-state index in [1.54, 1.807) is 36.2 Å². The summed E-state index contributed by atoms with van der Waals surface area (Å²) in [4.78, 5) is 27.5. The first kappa shape index (κ1) is 17.9. The molecule has 3 aromatic rings. The highest BCUT2D eigenvalue weighted by Gasteiger charge is 2.34. The Morgan fingerprint density at radius 2 is 1.54 bits per heavy atom. The zero-order chi connectivity index (χ0) is 19.7. The summed E-state index contributed by atoms with van der Waals surface area (Å²) in [6.45, 7) is 0. The van der Waals surface area contributed by atoms with E-state index in [1.807, 2.05) is 54.6 Å². The van der Waals surface area contributed by atoms with Gasteiger partial charge in [-0.1, -0.05) is 72.8 Å². The van der Waals surface area contributed by atoms with Crippen molar-refractivity contribution in [1.29, 1.82) is 0 Å². The Labute approximate surface area is 163 Å². The maximum atomic E-state index is 13.2. The summed E-state index contributed by atoms with van der Waals surface area (Å²) in [5, 5.41) is 13.2. The van der Waals surface area contributed by atoms with Crippen molar-refractivity contribution in [3.05, 3.63) is 90.0 Å². The number of rotatable bonds is 3. The van der Waals surface area contributed by atoms with Crippen LogP contribution in [0.15, 0.2) is 78.9 Å². The number of likely N-dealkylation sites (N-methyl/N-ethyl adjacent to an activating group) is 1. The van der Waals surface area contributed by atoms with E-state index >= 15 is 0 Å². The van der Waals surface area contributed by atoms with Crippen LogP contribution >= 0.6 is 0 Å². The Bertz CT molecular complexity index is 1030. The van der Waals surface area contributed by atoms with E-state index in [2.05, 4.69) is 5.32 Å². The van der Waals surface area contributed by atoms with Gasteiger partial charge in [0.1, 0.15) is 6.04 Å². The summed E-state index contributed by atoms with van der Waals surface area (Å²) in [6, 6.07) is 22.9. The minimum Gasteiger partial charge on any atom is -0.378 e. The molecule has 28 heavy (non-hydrogen) atoms. The maximum absolute atomic E-state index is 13.2. The van der Waals surface area contributed by atoms with Crippen molar-refractivity contribution < 1.29 is 14.7 Å². The van der Waals surface area contributed by atoms with Crippen LogP contribution in [-0.2, 0) is 9.59 Å². The van der Waals surface area contributed by atoms with Gasteiger partial charge < -0.3 is 15.3 Å². The first-order chi connectivity index (χ1) is 13.6. The standard InChI is InChI=1S/C23H20N2O3/c1-25-19-14-8-7-12-17(19)16-11-5-6-13-18(16)20(23(25)28)24-22(27)21(26)15-9-3-2-4-10-15/h2-14,20-21,26H,1H3,(H,24,27)/t20?,21-/m0/s1. The summed E-state index contributed by atoms with van der Waals surface area (Å²) < 4.78 is 0. The van der Waals surface area contributed by atoms with Gasteiger partial charge in [-0.3, -0.25) is 9.59 Å². The van der Waals surface area contributed by atoms with Gasteiger partial charge in [0.05, 0.1) is 5.69 Å². The molecule has 140 valence electrons. The van der Waals surface area contributed by atoms with Crippen molar-refractivity contribution in [1.82, 2.24) is 5.32 Å². The van der Waals surface area contributed by atoms with Crippen LogP contribution in [0.3, 0.4) is 0 Å². The zero-order valence-corrected chi connectivity index (χ0v) is 15.4. The van der Waals surface area contributed by atoms with Crippen LogP contribution in [0.2, 0.25) is 0 Å². The van der Waals surface area contributed by atoms with Gasteiger partial charge in [0, 0.05) is 12.6 Å². The summed E-state index contributed by atoms with van der Waals surface area (Å²) >= 11 is 0. The van der Waals surface area contributed by atoms with Gasteiger partial charge in [-0.2, -0.15) is 0 Å². The quantitative estimate of drug-likeness (QED) is 0.742. The number of nitrogens with one attached hydrogen (secondary N) is 1. The second-order valence-corrected chi connectivity index (χ2v) is 6.76. The third-order valence-corrected chi connectivity index (χ3v) is 5.06. The molecule has 0 fully saturated rings. The molecule has 1 unspecified atom stereocenters. The summed E-state index contributed by atoms with van der Waals surface area (Å²) in [5.41, 5.74) is 3.77. The molecule has 5 nitrogen and oxygen atoms in total. The molecule has 0 aromatic heterocycles. The van der Waals surface area contributed by atoms with Crippen LogP contribution < -0.4 is 10.2 Å². The number of aliphatic hydroxyl groups is 1. The topological polar surface area (TPSA) is 69.6 Å². The normalized spacial score (nSPS) is 16.6. The predicted octanol–water partition coefficient (Wildman–Crippen LogP) is 3.22. The van der Waals surface area contributed by atoms with Crippen LogP contribution in [0.1, 0.15) is 23.3 Å². The molecule has 2 amide bonds. The molecular weight excluding hydrogens is 352 g/mol. The average molecular weight is 372 g/mol. The van der Waals surface area contributed by atoms with E-state index in [1.165, 1.54) is 0 Å². The summed E-state index contributed by atoms with van der Waals surface area (Å²) in [5.74, 6) is -0.871. The largest absolute Gasteiger partial charge is 0.378 e. The molecule has 0 aliphatic carbocycles. The number of nitrogens with zero attached hydrogens (tertiary/aromatic N) is 1. The zero-order valence-electron chi connectivity index (χ0n) is 15.4. The number of benzene rings is 3. The molecule has 1 aliphatic heterocycles. The lowest BCUT2D eigenvalue weighted by Gasteiger charge is -2.24. The fourth-order valence-corrected chi connectivity index (χ4v) is 3.58. The van der Waals surface area contributed by atoms with Crippen molar-refractivity contribution in [2.45, 2.75) is 12.1 Å². The molecule has 2 atom stereocenters. The van der Waals surface area contributed by atoms with E-state index in [4.69, 9.17) is 0 Å². The molecular formula is C23H20N2O3. The molecule has 0 bridgehead atoms. The number of amides is 2. The van der Waals surface area contributed by atoms with Crippen LogP contribution in [-0.4, -0.2) is 24.0 Å². The number of para-hydroxylation sites is 1. The lowest BCUT2D eigenvalue weighted by molar-refractivity contribution is -0.133. The van der Waals surface area contributed by atoms with E-state index < -0.39 is 18.1 Å². The molecule has 1 aliphatic rings. The maximum Gasteiger partial charge on any atom is 0.254 e. The van der Waals surface area contributed by atoms with Crippen molar-refractivity contribution in [3.8, 4) is 11.1 Å². The molecule has 1 heterocycles. The number of anilines is 1. The molecule has 0 spiro atoms. The second-order valence-electron chi connectivity index (χ2n) is 6.76. The van der Waals surface area contributed by atoms with E-state index in [0.29, 0.717) is 11.1 Å². The van der Waals surface area contributed by atoms with Gasteiger partial charge >= 0.3 is 0 Å². The van der Waals surface area contributed by atoms with Gasteiger partial charge in [0.2, 0.25) is 0 Å². The minimum absolute atomic E-state index is 0.258. The molecule has 0 saturated heterocycles. The highest BCUT2D eigenvalue weighted by Crippen LogP contribution is 2.39. The SMILES string of the molecule is CN1C(=O)C(NC(=O)[C@@H](O)c2ccccc2)c2ccccc2-c2ccccc21.